The largest absolute Gasteiger partial charge is 0.457 e. The third-order valence-corrected chi connectivity index (χ3v) is 9.64. The molecule has 2 atom stereocenters. The van der Waals surface area contributed by atoms with Crippen LogP contribution in [-0.4, -0.2) is 65.0 Å². The van der Waals surface area contributed by atoms with E-state index in [1.54, 1.807) is 31.6 Å². The number of hydrogen-bond acceptors (Lipinski definition) is 7. The molecule has 6 aromatic rings. The van der Waals surface area contributed by atoms with Crippen LogP contribution in [0.15, 0.2) is 77.9 Å². The molecule has 0 bridgehead atoms. The number of carbonyl (C=O) groups excluding carboxylic acids is 1. The number of fused-ring (bicyclic) bond motifs is 5. The zero-order valence-electron chi connectivity index (χ0n) is 25.9. The number of anilines is 2. The summed E-state index contributed by atoms with van der Waals surface area (Å²) in [5.41, 5.74) is 4.15. The number of nitrogens with zero attached hydrogens (tertiary/aromatic N) is 4. The van der Waals surface area contributed by atoms with E-state index in [1.165, 1.54) is 10.5 Å². The van der Waals surface area contributed by atoms with Gasteiger partial charge in [0.1, 0.15) is 17.8 Å². The second kappa shape index (κ2) is 11.2. The Morgan fingerprint density at radius 3 is 2.70 bits per heavy atom. The van der Waals surface area contributed by atoms with Crippen molar-refractivity contribution >= 4 is 44.8 Å². The summed E-state index contributed by atoms with van der Waals surface area (Å²) in [6, 6.07) is 17.4. The molecule has 47 heavy (non-hydrogen) atoms. The van der Waals surface area contributed by atoms with Crippen LogP contribution >= 0.6 is 0 Å². The Hall–Kier alpha value is -5.29. The minimum absolute atomic E-state index is 0.0428. The number of benzene rings is 2. The van der Waals surface area contributed by atoms with Gasteiger partial charge < -0.3 is 24.8 Å². The van der Waals surface area contributed by atoms with Gasteiger partial charge in [-0.1, -0.05) is 36.4 Å². The average Bonchev–Trinajstić information content (AvgIpc) is 3.78. The summed E-state index contributed by atoms with van der Waals surface area (Å²) < 4.78 is 37.7. The van der Waals surface area contributed by atoms with Crippen LogP contribution in [0.1, 0.15) is 22.3 Å². The van der Waals surface area contributed by atoms with Gasteiger partial charge in [-0.15, -0.1) is 0 Å². The third kappa shape index (κ3) is 4.72. The Morgan fingerprint density at radius 1 is 1.09 bits per heavy atom. The summed E-state index contributed by atoms with van der Waals surface area (Å²) in [7, 11) is 3.76. The quantitative estimate of drug-likeness (QED) is 0.223. The molecule has 238 valence electrons. The van der Waals surface area contributed by atoms with Crippen LogP contribution in [0.25, 0.3) is 38.6 Å². The molecule has 2 aromatic carbocycles. The normalized spacial score (nSPS) is 18.0. The van der Waals surface area contributed by atoms with Crippen molar-refractivity contribution in [2.45, 2.75) is 19.1 Å². The van der Waals surface area contributed by atoms with Gasteiger partial charge in [0.05, 0.1) is 27.7 Å². The minimum Gasteiger partial charge on any atom is -0.457 e. The maximum absolute atomic E-state index is 15.8. The summed E-state index contributed by atoms with van der Waals surface area (Å²) in [4.78, 5) is 39.3. The Labute approximate surface area is 268 Å². The van der Waals surface area contributed by atoms with Gasteiger partial charge in [-0.05, 0) is 43.1 Å². The number of esters is 1. The lowest BCUT2D eigenvalue weighted by Gasteiger charge is -2.29. The summed E-state index contributed by atoms with van der Waals surface area (Å²) in [5.74, 6) is -2.19. The molecule has 0 unspecified atom stereocenters. The number of hydrogen-bond donors (Lipinski definition) is 2. The second-order valence-corrected chi connectivity index (χ2v) is 12.4. The average molecular weight is 635 g/mol. The zero-order valence-corrected chi connectivity index (χ0v) is 25.9. The van der Waals surface area contributed by atoms with E-state index >= 15 is 8.78 Å². The summed E-state index contributed by atoms with van der Waals surface area (Å²) >= 11 is 0. The first kappa shape index (κ1) is 29.1. The number of ether oxygens (including phenoxy) is 1. The maximum atomic E-state index is 15.8. The van der Waals surface area contributed by atoms with Gasteiger partial charge in [0, 0.05) is 67.8 Å². The first-order chi connectivity index (χ1) is 22.8. The molecule has 0 radical (unpaired) electrons. The Kier molecular flexibility index (Phi) is 6.94. The van der Waals surface area contributed by atoms with Gasteiger partial charge in [0.15, 0.2) is 11.6 Å². The van der Waals surface area contributed by atoms with E-state index in [0.717, 1.165) is 43.4 Å². The highest BCUT2D eigenvalue weighted by Gasteiger charge is 2.42. The van der Waals surface area contributed by atoms with E-state index in [4.69, 9.17) is 9.72 Å². The molecule has 0 saturated carbocycles. The number of aromatic amines is 1. The molecule has 4 aromatic heterocycles. The molecule has 0 amide bonds. The number of pyridine rings is 3. The predicted octanol–water partition coefficient (Wildman–Crippen LogP) is 5.81. The lowest BCUT2D eigenvalue weighted by Crippen LogP contribution is -2.35. The van der Waals surface area contributed by atoms with Gasteiger partial charge in [-0.2, -0.15) is 0 Å². The number of H-pyrrole nitrogens is 1. The lowest BCUT2D eigenvalue weighted by molar-refractivity contribution is 0.0470. The molecule has 0 aliphatic carbocycles. The van der Waals surface area contributed by atoms with Crippen molar-refractivity contribution in [1.29, 1.82) is 0 Å². The van der Waals surface area contributed by atoms with Gasteiger partial charge in [0.25, 0.3) is 5.56 Å². The molecule has 11 heteroatoms. The van der Waals surface area contributed by atoms with Crippen molar-refractivity contribution in [1.82, 2.24) is 19.3 Å². The van der Waals surface area contributed by atoms with E-state index in [-0.39, 0.29) is 23.6 Å². The van der Waals surface area contributed by atoms with Crippen LogP contribution in [0, 0.1) is 17.6 Å². The van der Waals surface area contributed by atoms with Crippen LogP contribution < -0.4 is 15.8 Å². The number of carbonyl (C=O) groups is 1. The highest BCUT2D eigenvalue weighted by atomic mass is 19.2. The first-order valence-corrected chi connectivity index (χ1v) is 15.6. The number of likely N-dealkylation sites (N-methyl/N-ethyl adjacent to an activating group) is 1. The molecule has 9 nitrogen and oxygen atoms in total. The fraction of sp³-hybridized carbons (Fsp3) is 0.250. The zero-order chi connectivity index (χ0) is 32.4. The highest BCUT2D eigenvalue weighted by Crippen LogP contribution is 2.46. The Morgan fingerprint density at radius 2 is 1.89 bits per heavy atom. The Bertz CT molecular complexity index is 2270. The molecule has 2 aliphatic heterocycles. The van der Waals surface area contributed by atoms with Crippen LogP contribution in [0.4, 0.5) is 20.2 Å². The molecule has 2 aliphatic rings. The van der Waals surface area contributed by atoms with E-state index in [2.05, 4.69) is 27.1 Å². The molecule has 8 rings (SSSR count). The summed E-state index contributed by atoms with van der Waals surface area (Å²) in [6.07, 6.45) is 4.36. The summed E-state index contributed by atoms with van der Waals surface area (Å²) in [5, 5.41) is 3.60. The van der Waals surface area contributed by atoms with Crippen LogP contribution in [0.3, 0.4) is 0 Å². The lowest BCUT2D eigenvalue weighted by atomic mass is 10.00. The van der Waals surface area contributed by atoms with Gasteiger partial charge in [-0.25, -0.2) is 18.6 Å². The molecule has 0 spiro atoms. The standard InChI is InChI=1S/C36H32F2N6O3/c1-39-27-14-26(37)31(38)29-30-33(43-13-12-22-16-42(2)18-28(22)43)25(15-40-34(30)41-32(27)29)21-8-9-23-10-11-24(35(45)44(23)17-21)36(46)47-19-20-6-4-3-5-7-20/h3-11,14-15,17,22,28,39H,12-13,16,18-19H2,1-2H3,(H,40,41)/t22-,28+/m0/s1. The van der Waals surface area contributed by atoms with Crippen LogP contribution in [0.5, 0.6) is 0 Å². The third-order valence-electron chi connectivity index (χ3n) is 9.64. The van der Waals surface area contributed by atoms with Crippen molar-refractivity contribution in [2.24, 2.45) is 5.92 Å². The molecule has 2 fully saturated rings. The SMILES string of the molecule is CNc1cc(F)c(F)c2c1[nH]c1ncc(-c3ccc4ccc(C(=O)OCc5ccccc5)c(=O)n4c3)c(N3CC[C@H]4CN(C)C[C@H]43)c12. The van der Waals surface area contributed by atoms with Crippen molar-refractivity contribution < 1.29 is 18.3 Å². The predicted molar refractivity (Wildman–Crippen MR) is 178 cm³/mol. The van der Waals surface area contributed by atoms with Crippen molar-refractivity contribution in [2.75, 3.05) is 43.9 Å². The van der Waals surface area contributed by atoms with Crippen molar-refractivity contribution in [3.8, 4) is 11.1 Å². The molecule has 6 heterocycles. The van der Waals surface area contributed by atoms with Crippen molar-refractivity contribution in [3.63, 3.8) is 0 Å². The van der Waals surface area contributed by atoms with E-state index in [1.807, 2.05) is 36.4 Å². The fourth-order valence-electron chi connectivity index (χ4n) is 7.41. The number of aromatic nitrogens is 3. The Balaban J connectivity index is 1.31. The smallest absolute Gasteiger partial charge is 0.344 e. The molecular weight excluding hydrogens is 602 g/mol. The maximum Gasteiger partial charge on any atom is 0.344 e. The molecular formula is C36H32F2N6O3. The number of rotatable bonds is 6. The highest BCUT2D eigenvalue weighted by molar-refractivity contribution is 6.18. The van der Waals surface area contributed by atoms with E-state index in [0.29, 0.717) is 44.8 Å². The van der Waals surface area contributed by atoms with E-state index < -0.39 is 23.2 Å². The summed E-state index contributed by atoms with van der Waals surface area (Å²) in [6.45, 7) is 2.57. The van der Waals surface area contributed by atoms with Gasteiger partial charge in [0.2, 0.25) is 0 Å². The number of halogens is 2. The molecule has 2 saturated heterocycles. The number of likely N-dealkylation sites (tertiary alicyclic amines) is 1. The monoisotopic (exact) mass is 634 g/mol. The van der Waals surface area contributed by atoms with Gasteiger partial charge >= 0.3 is 5.97 Å². The number of nitrogens with one attached hydrogen (secondary N) is 2. The first-order valence-electron chi connectivity index (χ1n) is 15.6. The van der Waals surface area contributed by atoms with Crippen LogP contribution in [-0.2, 0) is 11.3 Å². The molecule has 2 N–H and O–H groups in total. The van der Waals surface area contributed by atoms with Crippen molar-refractivity contribution in [3.05, 3.63) is 106 Å². The minimum atomic E-state index is -0.956. The van der Waals surface area contributed by atoms with E-state index in [9.17, 15) is 9.59 Å². The van der Waals surface area contributed by atoms with Crippen LogP contribution in [0.2, 0.25) is 0 Å². The second-order valence-electron chi connectivity index (χ2n) is 12.4. The van der Waals surface area contributed by atoms with Gasteiger partial charge in [-0.3, -0.25) is 9.20 Å². The topological polar surface area (TPSA) is 95.0 Å². The fourth-order valence-corrected chi connectivity index (χ4v) is 7.41.